The van der Waals surface area contributed by atoms with E-state index in [9.17, 15) is 4.79 Å². The van der Waals surface area contributed by atoms with Crippen molar-refractivity contribution in [1.29, 1.82) is 0 Å². The molecule has 112 valence electrons. The Balaban J connectivity index is 2.74. The van der Waals surface area contributed by atoms with E-state index in [1.807, 2.05) is 5.01 Å². The number of hydrogen-bond acceptors (Lipinski definition) is 3. The highest BCUT2D eigenvalue weighted by molar-refractivity contribution is 5.75. The zero-order chi connectivity index (χ0) is 14.1. The van der Waals surface area contributed by atoms with Crippen molar-refractivity contribution in [1.82, 2.24) is 10.0 Å². The summed E-state index contributed by atoms with van der Waals surface area (Å²) in [6.07, 6.45) is 8.97. The first-order chi connectivity index (χ1) is 9.24. The van der Waals surface area contributed by atoms with Gasteiger partial charge in [0.2, 0.25) is 5.91 Å². The van der Waals surface area contributed by atoms with Crippen molar-refractivity contribution in [3.8, 4) is 0 Å². The van der Waals surface area contributed by atoms with E-state index < -0.39 is 0 Å². The Morgan fingerprint density at radius 2 is 1.74 bits per heavy atom. The van der Waals surface area contributed by atoms with Gasteiger partial charge in [-0.05, 0) is 25.7 Å². The number of nitrogens with two attached hydrogens (primary N) is 1. The molecule has 1 rings (SSSR count). The quantitative estimate of drug-likeness (QED) is 0.689. The Morgan fingerprint density at radius 1 is 1.11 bits per heavy atom. The van der Waals surface area contributed by atoms with Gasteiger partial charge in [-0.2, -0.15) is 0 Å². The molecule has 0 aromatic carbocycles. The SMILES string of the molecule is CCCN(C(=O)CCN)N(CCC)C1CCCCC1. The number of rotatable bonds is 8. The maximum atomic E-state index is 12.3. The summed E-state index contributed by atoms with van der Waals surface area (Å²) in [5.74, 6) is 0.198. The van der Waals surface area contributed by atoms with E-state index in [0.29, 0.717) is 19.0 Å². The van der Waals surface area contributed by atoms with Gasteiger partial charge in [-0.1, -0.05) is 33.1 Å². The molecule has 0 aromatic heterocycles. The highest BCUT2D eigenvalue weighted by atomic mass is 16.2. The van der Waals surface area contributed by atoms with Crippen LogP contribution in [0.4, 0.5) is 0 Å². The Hall–Kier alpha value is -0.610. The van der Waals surface area contributed by atoms with E-state index in [2.05, 4.69) is 18.9 Å². The summed E-state index contributed by atoms with van der Waals surface area (Å²) in [5.41, 5.74) is 5.55. The minimum Gasteiger partial charge on any atom is -0.330 e. The average Bonchev–Trinajstić information content (AvgIpc) is 2.44. The highest BCUT2D eigenvalue weighted by Gasteiger charge is 2.27. The van der Waals surface area contributed by atoms with Crippen molar-refractivity contribution in [2.75, 3.05) is 19.6 Å². The third-order valence-electron chi connectivity index (χ3n) is 3.84. The van der Waals surface area contributed by atoms with Gasteiger partial charge in [0.25, 0.3) is 0 Å². The van der Waals surface area contributed by atoms with Gasteiger partial charge >= 0.3 is 0 Å². The van der Waals surface area contributed by atoms with Crippen molar-refractivity contribution in [2.24, 2.45) is 5.73 Å². The standard InChI is InChI=1S/C15H31N3O/c1-3-12-17(14-8-6-5-7-9-14)18(13-4-2)15(19)10-11-16/h14H,3-13,16H2,1-2H3. The fourth-order valence-corrected chi connectivity index (χ4v) is 2.97. The van der Waals surface area contributed by atoms with Gasteiger partial charge in [-0.15, -0.1) is 0 Å². The predicted octanol–water partition coefficient (Wildman–Crippen LogP) is 2.53. The monoisotopic (exact) mass is 269 g/mol. The maximum absolute atomic E-state index is 12.3. The van der Waals surface area contributed by atoms with Crippen molar-refractivity contribution in [2.45, 2.75) is 71.3 Å². The lowest BCUT2D eigenvalue weighted by atomic mass is 9.95. The van der Waals surface area contributed by atoms with Crippen molar-refractivity contribution >= 4 is 5.91 Å². The molecule has 0 unspecified atom stereocenters. The zero-order valence-electron chi connectivity index (χ0n) is 12.7. The fourth-order valence-electron chi connectivity index (χ4n) is 2.97. The summed E-state index contributed by atoms with van der Waals surface area (Å²) in [5, 5.41) is 4.34. The van der Waals surface area contributed by atoms with Crippen LogP contribution >= 0.6 is 0 Å². The number of hydrogen-bond donors (Lipinski definition) is 1. The van der Waals surface area contributed by atoms with Crippen LogP contribution < -0.4 is 5.73 Å². The van der Waals surface area contributed by atoms with Crippen molar-refractivity contribution in [3.63, 3.8) is 0 Å². The molecular weight excluding hydrogens is 238 g/mol. The molecule has 0 aliphatic heterocycles. The molecule has 0 heterocycles. The summed E-state index contributed by atoms with van der Waals surface area (Å²) in [7, 11) is 0. The molecule has 4 nitrogen and oxygen atoms in total. The maximum Gasteiger partial charge on any atom is 0.238 e. The van der Waals surface area contributed by atoms with E-state index in [0.717, 1.165) is 25.9 Å². The van der Waals surface area contributed by atoms with Gasteiger partial charge in [-0.25, -0.2) is 5.01 Å². The first-order valence-electron chi connectivity index (χ1n) is 8.01. The van der Waals surface area contributed by atoms with Gasteiger partial charge in [0, 0.05) is 32.1 Å². The number of carbonyl (C=O) groups is 1. The number of nitrogens with zero attached hydrogens (tertiary/aromatic N) is 2. The van der Waals surface area contributed by atoms with Crippen LogP contribution in [0.25, 0.3) is 0 Å². The molecule has 1 fully saturated rings. The molecule has 0 radical (unpaired) electrons. The molecule has 0 atom stereocenters. The minimum absolute atomic E-state index is 0.198. The number of amides is 1. The van der Waals surface area contributed by atoms with E-state index in [-0.39, 0.29) is 5.91 Å². The van der Waals surface area contributed by atoms with Crippen LogP contribution in [0.3, 0.4) is 0 Å². The molecule has 0 saturated heterocycles. The summed E-state index contributed by atoms with van der Waals surface area (Å²) >= 11 is 0. The van der Waals surface area contributed by atoms with E-state index in [1.54, 1.807) is 0 Å². The average molecular weight is 269 g/mol. The smallest absolute Gasteiger partial charge is 0.238 e. The molecule has 1 aliphatic rings. The van der Waals surface area contributed by atoms with Crippen LogP contribution in [-0.2, 0) is 4.79 Å². The van der Waals surface area contributed by atoms with Crippen LogP contribution in [0.2, 0.25) is 0 Å². The Morgan fingerprint density at radius 3 is 2.26 bits per heavy atom. The van der Waals surface area contributed by atoms with Gasteiger partial charge in [0.05, 0.1) is 0 Å². The molecular formula is C15H31N3O. The molecule has 1 amide bonds. The molecule has 4 heteroatoms. The van der Waals surface area contributed by atoms with E-state index in [4.69, 9.17) is 5.73 Å². The second-order valence-corrected chi connectivity index (χ2v) is 5.51. The van der Waals surface area contributed by atoms with Crippen molar-refractivity contribution in [3.05, 3.63) is 0 Å². The van der Waals surface area contributed by atoms with Gasteiger partial charge in [0.15, 0.2) is 0 Å². The molecule has 2 N–H and O–H groups in total. The van der Waals surface area contributed by atoms with Crippen LogP contribution in [0.5, 0.6) is 0 Å². The number of carbonyl (C=O) groups excluding carboxylic acids is 1. The summed E-state index contributed by atoms with van der Waals surface area (Å²) in [6.45, 7) is 6.58. The number of hydrazine groups is 1. The first-order valence-corrected chi connectivity index (χ1v) is 8.01. The second kappa shape index (κ2) is 9.32. The topological polar surface area (TPSA) is 49.6 Å². The Bertz CT molecular complexity index is 252. The first kappa shape index (κ1) is 16.4. The van der Waals surface area contributed by atoms with E-state index in [1.165, 1.54) is 32.1 Å². The molecule has 1 saturated carbocycles. The predicted molar refractivity (Wildman–Crippen MR) is 79.5 cm³/mol. The third-order valence-corrected chi connectivity index (χ3v) is 3.84. The Kier molecular flexibility index (Phi) is 8.07. The highest BCUT2D eigenvalue weighted by Crippen LogP contribution is 2.24. The minimum atomic E-state index is 0.198. The fraction of sp³-hybridized carbons (Fsp3) is 0.933. The molecule has 0 spiro atoms. The van der Waals surface area contributed by atoms with Crippen LogP contribution in [0.1, 0.15) is 65.2 Å². The Labute approximate surface area is 118 Å². The normalized spacial score (nSPS) is 16.8. The zero-order valence-corrected chi connectivity index (χ0v) is 12.7. The summed E-state index contributed by atoms with van der Waals surface area (Å²) < 4.78 is 0. The lowest BCUT2D eigenvalue weighted by Gasteiger charge is -2.42. The van der Waals surface area contributed by atoms with Crippen LogP contribution in [-0.4, -0.2) is 41.6 Å². The molecule has 19 heavy (non-hydrogen) atoms. The molecule has 1 aliphatic carbocycles. The van der Waals surface area contributed by atoms with Crippen LogP contribution in [0, 0.1) is 0 Å². The largest absolute Gasteiger partial charge is 0.330 e. The third kappa shape index (κ3) is 5.11. The van der Waals surface area contributed by atoms with Gasteiger partial charge in [-0.3, -0.25) is 9.80 Å². The second-order valence-electron chi connectivity index (χ2n) is 5.51. The van der Waals surface area contributed by atoms with Gasteiger partial charge < -0.3 is 5.73 Å². The lowest BCUT2D eigenvalue weighted by molar-refractivity contribution is -0.155. The lowest BCUT2D eigenvalue weighted by Crippen LogP contribution is -2.53. The van der Waals surface area contributed by atoms with E-state index >= 15 is 0 Å². The molecule has 0 bridgehead atoms. The van der Waals surface area contributed by atoms with Crippen molar-refractivity contribution < 1.29 is 4.79 Å². The summed E-state index contributed by atoms with van der Waals surface area (Å²) in [4.78, 5) is 12.3. The van der Waals surface area contributed by atoms with Crippen LogP contribution in [0.15, 0.2) is 0 Å². The summed E-state index contributed by atoms with van der Waals surface area (Å²) in [6, 6.07) is 0.557. The molecule has 0 aromatic rings. The van der Waals surface area contributed by atoms with Gasteiger partial charge in [0.1, 0.15) is 0 Å².